The van der Waals surface area contributed by atoms with Crippen LogP contribution in [0.2, 0.25) is 4.34 Å². The molecule has 0 fully saturated rings. The van der Waals surface area contributed by atoms with Crippen molar-refractivity contribution in [3.8, 4) is 5.75 Å². The quantitative estimate of drug-likeness (QED) is 0.603. The van der Waals surface area contributed by atoms with Crippen molar-refractivity contribution < 1.29 is 14.4 Å². The first kappa shape index (κ1) is 16.2. The van der Waals surface area contributed by atoms with E-state index in [0.717, 1.165) is 14.8 Å². The summed E-state index contributed by atoms with van der Waals surface area (Å²) in [7, 11) is 1.96. The minimum atomic E-state index is -0.391. The lowest BCUT2D eigenvalue weighted by Crippen LogP contribution is -2.20. The van der Waals surface area contributed by atoms with Crippen LogP contribution in [0, 0.1) is 10.1 Å². The van der Waals surface area contributed by atoms with Crippen LogP contribution in [0.4, 0.5) is 5.69 Å². The number of rotatable bonds is 5. The average Bonchev–Trinajstić information content (AvgIpc) is 2.92. The third kappa shape index (κ3) is 3.81. The molecule has 2 heterocycles. The molecule has 0 saturated heterocycles. The number of ether oxygens (including phenoxy) is 2. The van der Waals surface area contributed by atoms with Crippen LogP contribution in [0.25, 0.3) is 0 Å². The third-order valence-electron chi connectivity index (χ3n) is 3.48. The van der Waals surface area contributed by atoms with Crippen molar-refractivity contribution in [2.75, 3.05) is 13.8 Å². The Morgan fingerprint density at radius 3 is 2.91 bits per heavy atom. The molecular formula is C15H15ClN2O4S. The maximum Gasteiger partial charge on any atom is 0.270 e. The molecule has 3 rings (SSSR count). The number of nitro groups is 1. The predicted molar refractivity (Wildman–Crippen MR) is 87.9 cm³/mol. The summed E-state index contributed by atoms with van der Waals surface area (Å²) in [6.07, 6.45) is 0. The summed E-state index contributed by atoms with van der Waals surface area (Å²) >= 11 is 7.47. The van der Waals surface area contributed by atoms with E-state index in [1.54, 1.807) is 6.07 Å². The number of hydrogen-bond donors (Lipinski definition) is 0. The van der Waals surface area contributed by atoms with Crippen LogP contribution in [-0.2, 0) is 24.4 Å². The molecule has 0 spiro atoms. The van der Waals surface area contributed by atoms with Gasteiger partial charge in [0.25, 0.3) is 5.69 Å². The third-order valence-corrected chi connectivity index (χ3v) is 4.69. The molecule has 1 aliphatic rings. The number of fused-ring (bicyclic) bond motifs is 1. The number of benzene rings is 1. The molecule has 0 bridgehead atoms. The van der Waals surface area contributed by atoms with Crippen molar-refractivity contribution in [3.05, 3.63) is 54.7 Å². The molecule has 1 aliphatic heterocycles. The predicted octanol–water partition coefficient (Wildman–Crippen LogP) is 3.81. The highest BCUT2D eigenvalue weighted by Gasteiger charge is 2.21. The molecule has 122 valence electrons. The largest absolute Gasteiger partial charge is 0.467 e. The van der Waals surface area contributed by atoms with Crippen LogP contribution in [0.3, 0.4) is 0 Å². The standard InChI is InChI=1S/C15H15ClN2O4S/c1-17(7-13-2-3-14(16)23-13)6-10-4-12(18(19)20)5-11-8-21-9-22-15(10)11/h2-5H,6-9H2,1H3. The van der Waals surface area contributed by atoms with Gasteiger partial charge in [-0.1, -0.05) is 11.6 Å². The first-order valence-corrected chi connectivity index (χ1v) is 8.16. The molecule has 0 N–H and O–H groups in total. The van der Waals surface area contributed by atoms with Crippen molar-refractivity contribution in [1.29, 1.82) is 0 Å². The van der Waals surface area contributed by atoms with Crippen LogP contribution in [0.5, 0.6) is 5.75 Å². The van der Waals surface area contributed by atoms with Crippen LogP contribution >= 0.6 is 22.9 Å². The first-order chi connectivity index (χ1) is 11.0. The van der Waals surface area contributed by atoms with Crippen molar-refractivity contribution in [1.82, 2.24) is 4.90 Å². The fourth-order valence-corrected chi connectivity index (χ4v) is 3.72. The SMILES string of the molecule is CN(Cc1ccc(Cl)s1)Cc1cc([N+](=O)[O-])cc2c1OCOC2. The van der Waals surface area contributed by atoms with Gasteiger partial charge in [-0.2, -0.15) is 0 Å². The molecular weight excluding hydrogens is 340 g/mol. The number of thiophene rings is 1. The van der Waals surface area contributed by atoms with E-state index in [1.807, 2.05) is 19.2 Å². The maximum absolute atomic E-state index is 11.1. The molecule has 2 aromatic rings. The number of halogens is 1. The zero-order chi connectivity index (χ0) is 16.4. The summed E-state index contributed by atoms with van der Waals surface area (Å²) in [5.41, 5.74) is 1.57. The summed E-state index contributed by atoms with van der Waals surface area (Å²) in [6.45, 7) is 1.75. The topological polar surface area (TPSA) is 64.8 Å². The highest BCUT2D eigenvalue weighted by atomic mass is 35.5. The number of nitrogens with zero attached hydrogens (tertiary/aromatic N) is 2. The second kappa shape index (κ2) is 6.84. The second-order valence-electron chi connectivity index (χ2n) is 5.34. The number of hydrogen-bond acceptors (Lipinski definition) is 6. The molecule has 0 aliphatic carbocycles. The van der Waals surface area contributed by atoms with E-state index in [4.69, 9.17) is 21.1 Å². The van der Waals surface area contributed by atoms with Crippen LogP contribution in [0.1, 0.15) is 16.0 Å². The fourth-order valence-electron chi connectivity index (χ4n) is 2.55. The van der Waals surface area contributed by atoms with Gasteiger partial charge >= 0.3 is 0 Å². The minimum absolute atomic E-state index is 0.0559. The zero-order valence-electron chi connectivity index (χ0n) is 12.5. The van der Waals surface area contributed by atoms with Gasteiger partial charge in [0.05, 0.1) is 15.9 Å². The van der Waals surface area contributed by atoms with Gasteiger partial charge in [0.1, 0.15) is 5.75 Å². The molecule has 6 nitrogen and oxygen atoms in total. The highest BCUT2D eigenvalue weighted by Crippen LogP contribution is 2.33. The minimum Gasteiger partial charge on any atom is -0.467 e. The lowest BCUT2D eigenvalue weighted by atomic mass is 10.1. The Kier molecular flexibility index (Phi) is 4.82. The highest BCUT2D eigenvalue weighted by molar-refractivity contribution is 7.16. The summed E-state index contributed by atoms with van der Waals surface area (Å²) in [5, 5.41) is 11.1. The summed E-state index contributed by atoms with van der Waals surface area (Å²) < 4.78 is 11.5. The van der Waals surface area contributed by atoms with Gasteiger partial charge in [-0.25, -0.2) is 0 Å². The first-order valence-electron chi connectivity index (χ1n) is 6.96. The summed E-state index contributed by atoms with van der Waals surface area (Å²) in [4.78, 5) is 13.9. The van der Waals surface area contributed by atoms with E-state index in [1.165, 1.54) is 17.4 Å². The van der Waals surface area contributed by atoms with E-state index in [2.05, 4.69) is 4.90 Å². The van der Waals surface area contributed by atoms with Gasteiger partial charge in [-0.15, -0.1) is 11.3 Å². The zero-order valence-corrected chi connectivity index (χ0v) is 14.0. The van der Waals surface area contributed by atoms with Gasteiger partial charge in [-0.05, 0) is 19.2 Å². The second-order valence-corrected chi connectivity index (χ2v) is 7.14. The molecule has 0 amide bonds. The summed E-state index contributed by atoms with van der Waals surface area (Å²) in [5.74, 6) is 0.693. The van der Waals surface area contributed by atoms with Crippen molar-refractivity contribution in [2.24, 2.45) is 0 Å². The number of nitro benzene ring substituents is 1. The van der Waals surface area contributed by atoms with Crippen molar-refractivity contribution >= 4 is 28.6 Å². The van der Waals surface area contributed by atoms with E-state index < -0.39 is 4.92 Å². The van der Waals surface area contributed by atoms with Crippen molar-refractivity contribution in [2.45, 2.75) is 19.7 Å². The number of non-ortho nitro benzene ring substituents is 1. The van der Waals surface area contributed by atoms with E-state index >= 15 is 0 Å². The van der Waals surface area contributed by atoms with Gasteiger partial charge in [0.2, 0.25) is 0 Å². The van der Waals surface area contributed by atoms with Crippen LogP contribution in [0.15, 0.2) is 24.3 Å². The molecule has 0 atom stereocenters. The molecule has 23 heavy (non-hydrogen) atoms. The maximum atomic E-state index is 11.1. The van der Waals surface area contributed by atoms with E-state index in [0.29, 0.717) is 31.0 Å². The van der Waals surface area contributed by atoms with E-state index in [-0.39, 0.29) is 12.5 Å². The Morgan fingerprint density at radius 2 is 2.22 bits per heavy atom. The molecule has 1 aromatic carbocycles. The lowest BCUT2D eigenvalue weighted by Gasteiger charge is -2.23. The monoisotopic (exact) mass is 354 g/mol. The van der Waals surface area contributed by atoms with Gasteiger partial charge in [-0.3, -0.25) is 15.0 Å². The van der Waals surface area contributed by atoms with Crippen LogP contribution < -0.4 is 4.74 Å². The van der Waals surface area contributed by atoms with Gasteiger partial charge < -0.3 is 9.47 Å². The normalized spacial score (nSPS) is 13.7. The van der Waals surface area contributed by atoms with Crippen LogP contribution in [-0.4, -0.2) is 23.7 Å². The van der Waals surface area contributed by atoms with E-state index in [9.17, 15) is 10.1 Å². The Balaban J connectivity index is 1.83. The Morgan fingerprint density at radius 1 is 1.39 bits per heavy atom. The smallest absolute Gasteiger partial charge is 0.270 e. The molecule has 0 saturated carbocycles. The Labute approximate surface area is 142 Å². The van der Waals surface area contributed by atoms with Gasteiger partial charge in [0.15, 0.2) is 6.79 Å². The molecule has 0 unspecified atom stereocenters. The molecule has 1 aromatic heterocycles. The molecule has 0 radical (unpaired) electrons. The van der Waals surface area contributed by atoms with Crippen molar-refractivity contribution in [3.63, 3.8) is 0 Å². The summed E-state index contributed by atoms with van der Waals surface area (Å²) in [6, 6.07) is 6.93. The van der Waals surface area contributed by atoms with Gasteiger partial charge in [0, 0.05) is 41.2 Å². The fraction of sp³-hybridized carbons (Fsp3) is 0.333. The lowest BCUT2D eigenvalue weighted by molar-refractivity contribution is -0.385. The Hall–Kier alpha value is -1.67. The molecule has 8 heteroatoms. The Bertz CT molecular complexity index is 734. The average molecular weight is 355 g/mol.